The first-order chi connectivity index (χ1) is 9.13. The van der Waals surface area contributed by atoms with Crippen molar-refractivity contribution in [2.24, 2.45) is 5.41 Å². The second-order valence-electron chi connectivity index (χ2n) is 5.92. The Morgan fingerprint density at radius 2 is 2.05 bits per heavy atom. The van der Waals surface area contributed by atoms with E-state index in [1.807, 2.05) is 0 Å². The van der Waals surface area contributed by atoms with Crippen LogP contribution in [0.3, 0.4) is 0 Å². The number of halogens is 1. The molecule has 0 spiro atoms. The number of hydrogen-bond acceptors (Lipinski definition) is 2. The van der Waals surface area contributed by atoms with Crippen LogP contribution in [0, 0.1) is 12.3 Å². The zero-order valence-corrected chi connectivity index (χ0v) is 14.0. The van der Waals surface area contributed by atoms with E-state index in [0.29, 0.717) is 11.5 Å². The maximum Gasteiger partial charge on any atom is 0.0960 e. The molecule has 0 aromatic carbocycles. The van der Waals surface area contributed by atoms with Gasteiger partial charge in [0.2, 0.25) is 0 Å². The van der Waals surface area contributed by atoms with Crippen molar-refractivity contribution in [1.82, 2.24) is 5.32 Å². The van der Waals surface area contributed by atoms with Crippen LogP contribution in [0.1, 0.15) is 68.9 Å². The van der Waals surface area contributed by atoms with Gasteiger partial charge in [-0.1, -0.05) is 38.3 Å². The molecule has 1 fully saturated rings. The molecule has 0 amide bonds. The Kier molecular flexibility index (Phi) is 5.33. The van der Waals surface area contributed by atoms with E-state index in [-0.39, 0.29) is 0 Å². The Labute approximate surface area is 126 Å². The van der Waals surface area contributed by atoms with Crippen molar-refractivity contribution in [3.8, 4) is 0 Å². The maximum absolute atomic E-state index is 6.29. The number of thiophene rings is 1. The summed E-state index contributed by atoms with van der Waals surface area (Å²) in [6.45, 7) is 7.81. The van der Waals surface area contributed by atoms with Crippen molar-refractivity contribution in [3.63, 3.8) is 0 Å². The predicted molar refractivity (Wildman–Crippen MR) is 86.3 cm³/mol. The summed E-state index contributed by atoms with van der Waals surface area (Å²) in [5.41, 5.74) is 1.68. The van der Waals surface area contributed by atoms with Crippen molar-refractivity contribution in [2.45, 2.75) is 65.3 Å². The van der Waals surface area contributed by atoms with Gasteiger partial charge in [0.1, 0.15) is 0 Å². The second kappa shape index (κ2) is 6.60. The minimum Gasteiger partial charge on any atom is -0.309 e. The molecule has 0 aliphatic heterocycles. The van der Waals surface area contributed by atoms with E-state index < -0.39 is 0 Å². The van der Waals surface area contributed by atoms with Gasteiger partial charge >= 0.3 is 0 Å². The third kappa shape index (κ3) is 3.17. The Bertz CT molecular complexity index is 387. The molecule has 0 radical (unpaired) electrons. The van der Waals surface area contributed by atoms with Gasteiger partial charge in [-0.15, -0.1) is 11.3 Å². The van der Waals surface area contributed by atoms with Crippen molar-refractivity contribution in [3.05, 3.63) is 20.8 Å². The van der Waals surface area contributed by atoms with Crippen LogP contribution in [0.25, 0.3) is 0 Å². The topological polar surface area (TPSA) is 12.0 Å². The van der Waals surface area contributed by atoms with Crippen LogP contribution < -0.4 is 5.32 Å². The number of hydrogen-bond donors (Lipinski definition) is 1. The third-order valence-corrected chi connectivity index (χ3v) is 6.30. The zero-order valence-electron chi connectivity index (χ0n) is 12.4. The standard InChI is InChI=1S/C16H26ClNS/c1-4-10-18-14(13-11-12(3)15(17)19-13)16(5-2)8-6-7-9-16/h11,14,18H,4-10H2,1-3H3. The molecule has 1 saturated carbocycles. The molecule has 1 atom stereocenters. The predicted octanol–water partition coefficient (Wildman–Crippen LogP) is 5.72. The molecule has 1 aromatic rings. The SMILES string of the molecule is CCCNC(c1cc(C)c(Cl)s1)C1(CC)CCCC1. The van der Waals surface area contributed by atoms with Gasteiger partial charge in [0.05, 0.1) is 4.34 Å². The van der Waals surface area contributed by atoms with Gasteiger partial charge in [-0.25, -0.2) is 0 Å². The fourth-order valence-electron chi connectivity index (χ4n) is 3.46. The lowest BCUT2D eigenvalue weighted by Crippen LogP contribution is -2.36. The summed E-state index contributed by atoms with van der Waals surface area (Å²) in [7, 11) is 0. The van der Waals surface area contributed by atoms with Crippen LogP contribution in [0.2, 0.25) is 4.34 Å². The highest BCUT2D eigenvalue weighted by Gasteiger charge is 2.41. The minimum absolute atomic E-state index is 0.454. The van der Waals surface area contributed by atoms with E-state index in [2.05, 4.69) is 32.2 Å². The molecule has 1 aliphatic carbocycles. The Morgan fingerprint density at radius 3 is 2.53 bits per heavy atom. The monoisotopic (exact) mass is 299 g/mol. The lowest BCUT2D eigenvalue weighted by Gasteiger charge is -2.37. The molecule has 108 valence electrons. The molecular weight excluding hydrogens is 274 g/mol. The number of rotatable bonds is 6. The highest BCUT2D eigenvalue weighted by atomic mass is 35.5. The van der Waals surface area contributed by atoms with Crippen LogP contribution in [-0.2, 0) is 0 Å². The molecule has 2 rings (SSSR count). The van der Waals surface area contributed by atoms with Crippen molar-refractivity contribution >= 4 is 22.9 Å². The molecule has 3 heteroatoms. The van der Waals surface area contributed by atoms with Gasteiger partial charge in [-0.3, -0.25) is 0 Å². The molecule has 0 bridgehead atoms. The van der Waals surface area contributed by atoms with Crippen molar-refractivity contribution in [2.75, 3.05) is 6.54 Å². The Hall–Kier alpha value is -0.0500. The quantitative estimate of drug-likeness (QED) is 0.708. The van der Waals surface area contributed by atoms with E-state index >= 15 is 0 Å². The average molecular weight is 300 g/mol. The van der Waals surface area contributed by atoms with Gasteiger partial charge < -0.3 is 5.32 Å². The molecule has 1 nitrogen and oxygen atoms in total. The van der Waals surface area contributed by atoms with E-state index in [0.717, 1.165) is 10.9 Å². The molecule has 0 saturated heterocycles. The Balaban J connectivity index is 2.29. The van der Waals surface area contributed by atoms with Crippen LogP contribution in [0.15, 0.2) is 6.07 Å². The van der Waals surface area contributed by atoms with E-state index in [4.69, 9.17) is 11.6 Å². The van der Waals surface area contributed by atoms with Crippen molar-refractivity contribution in [1.29, 1.82) is 0 Å². The fraction of sp³-hybridized carbons (Fsp3) is 0.750. The molecule has 1 N–H and O–H groups in total. The van der Waals surface area contributed by atoms with Crippen LogP contribution in [0.4, 0.5) is 0 Å². The Morgan fingerprint density at radius 1 is 1.37 bits per heavy atom. The molecule has 19 heavy (non-hydrogen) atoms. The molecule has 1 unspecified atom stereocenters. The number of nitrogens with one attached hydrogen (secondary N) is 1. The van der Waals surface area contributed by atoms with Gasteiger partial charge in [0.15, 0.2) is 0 Å². The molecule has 1 aliphatic rings. The molecule has 1 aromatic heterocycles. The normalized spacial score (nSPS) is 19.8. The molecule has 1 heterocycles. The summed E-state index contributed by atoms with van der Waals surface area (Å²) in [5, 5.41) is 3.81. The number of aryl methyl sites for hydroxylation is 1. The van der Waals surface area contributed by atoms with E-state index in [1.165, 1.54) is 49.0 Å². The summed E-state index contributed by atoms with van der Waals surface area (Å²) in [4.78, 5) is 1.44. The zero-order chi connectivity index (χ0) is 13.9. The average Bonchev–Trinajstić information content (AvgIpc) is 2.99. The smallest absolute Gasteiger partial charge is 0.0960 e. The van der Waals surface area contributed by atoms with Crippen molar-refractivity contribution < 1.29 is 0 Å². The minimum atomic E-state index is 0.454. The first kappa shape index (κ1) is 15.3. The van der Waals surface area contributed by atoms with Crippen LogP contribution in [0.5, 0.6) is 0 Å². The van der Waals surface area contributed by atoms with Crippen LogP contribution >= 0.6 is 22.9 Å². The highest BCUT2D eigenvalue weighted by Crippen LogP contribution is 2.51. The second-order valence-corrected chi connectivity index (χ2v) is 7.60. The largest absolute Gasteiger partial charge is 0.309 e. The summed E-state index contributed by atoms with van der Waals surface area (Å²) >= 11 is 8.07. The van der Waals surface area contributed by atoms with Gasteiger partial charge in [0, 0.05) is 10.9 Å². The van der Waals surface area contributed by atoms with Gasteiger partial charge in [-0.05, 0) is 56.2 Å². The first-order valence-corrected chi connectivity index (χ1v) is 8.81. The summed E-state index contributed by atoms with van der Waals surface area (Å²) in [6.07, 6.45) is 7.95. The van der Waals surface area contributed by atoms with Gasteiger partial charge in [-0.2, -0.15) is 0 Å². The highest BCUT2D eigenvalue weighted by molar-refractivity contribution is 7.16. The summed E-state index contributed by atoms with van der Waals surface area (Å²) < 4.78 is 0.961. The first-order valence-electron chi connectivity index (χ1n) is 7.62. The lowest BCUT2D eigenvalue weighted by molar-refractivity contribution is 0.190. The van der Waals surface area contributed by atoms with Crippen LogP contribution in [-0.4, -0.2) is 6.54 Å². The fourth-order valence-corrected chi connectivity index (χ4v) is 4.89. The third-order valence-electron chi connectivity index (χ3n) is 4.68. The van der Waals surface area contributed by atoms with E-state index in [1.54, 1.807) is 11.3 Å². The maximum atomic E-state index is 6.29. The summed E-state index contributed by atoms with van der Waals surface area (Å²) in [6, 6.07) is 2.80. The summed E-state index contributed by atoms with van der Waals surface area (Å²) in [5.74, 6) is 0. The lowest BCUT2D eigenvalue weighted by atomic mass is 9.75. The van der Waals surface area contributed by atoms with E-state index in [9.17, 15) is 0 Å². The van der Waals surface area contributed by atoms with Gasteiger partial charge in [0.25, 0.3) is 0 Å². The molecular formula is C16H26ClNS.